The number of aromatic amines is 2. The summed E-state index contributed by atoms with van der Waals surface area (Å²) in [5.74, 6) is -0.119. The maximum Gasteiger partial charge on any atom is 0.275 e. The summed E-state index contributed by atoms with van der Waals surface area (Å²) in [4.78, 5) is 11.4. The molecule has 78 valence electrons. The quantitative estimate of drug-likeness (QED) is 0.661. The highest BCUT2D eigenvalue weighted by molar-refractivity contribution is 5.70. The molecule has 0 saturated heterocycles. The highest BCUT2D eigenvalue weighted by atomic mass is 16.3. The number of hydrogen-bond donors (Lipinski definition) is 3. The van der Waals surface area contributed by atoms with E-state index in [-0.39, 0.29) is 11.4 Å². The van der Waals surface area contributed by atoms with Crippen LogP contribution in [-0.2, 0) is 0 Å². The molecular weight excluding hydrogens is 192 g/mol. The summed E-state index contributed by atoms with van der Waals surface area (Å²) < 4.78 is 0. The average Bonchev–Trinajstić information content (AvgIpc) is 2.48. The second-order valence-corrected chi connectivity index (χ2v) is 3.62. The van der Waals surface area contributed by atoms with Gasteiger partial charge in [0.25, 0.3) is 5.56 Å². The fourth-order valence-electron chi connectivity index (χ4n) is 1.69. The number of hydrogen-bond acceptors (Lipinski definition) is 2. The van der Waals surface area contributed by atoms with Crippen molar-refractivity contribution in [3.05, 3.63) is 39.7 Å². The molecule has 2 aromatic rings. The molecule has 1 aromatic heterocycles. The number of H-pyrrole nitrogens is 2. The van der Waals surface area contributed by atoms with Crippen molar-refractivity contribution in [2.45, 2.75) is 13.8 Å². The van der Waals surface area contributed by atoms with Gasteiger partial charge in [0.1, 0.15) is 5.56 Å². The molecule has 3 N–H and O–H groups in total. The van der Waals surface area contributed by atoms with E-state index in [9.17, 15) is 9.90 Å². The van der Waals surface area contributed by atoms with Crippen LogP contribution >= 0.6 is 0 Å². The summed E-state index contributed by atoms with van der Waals surface area (Å²) in [7, 11) is 0. The molecule has 4 heteroatoms. The predicted molar refractivity (Wildman–Crippen MR) is 58.0 cm³/mol. The molecule has 0 atom stereocenters. The molecule has 0 aliphatic rings. The highest BCUT2D eigenvalue weighted by Crippen LogP contribution is 2.26. The normalized spacial score (nSPS) is 10.5. The third-order valence-electron chi connectivity index (χ3n) is 2.41. The van der Waals surface area contributed by atoms with Gasteiger partial charge < -0.3 is 5.11 Å². The first-order valence-corrected chi connectivity index (χ1v) is 4.67. The van der Waals surface area contributed by atoms with Crippen LogP contribution in [0, 0.1) is 13.8 Å². The number of aromatic nitrogens is 2. The molecule has 1 aromatic carbocycles. The fraction of sp³-hybridized carbons (Fsp3) is 0.182. The molecule has 0 bridgehead atoms. The zero-order chi connectivity index (χ0) is 11.0. The van der Waals surface area contributed by atoms with Gasteiger partial charge in [-0.2, -0.15) is 0 Å². The van der Waals surface area contributed by atoms with Gasteiger partial charge in [0.05, 0.1) is 0 Å². The summed E-state index contributed by atoms with van der Waals surface area (Å²) >= 11 is 0. The second-order valence-electron chi connectivity index (χ2n) is 3.62. The average molecular weight is 204 g/mol. The van der Waals surface area contributed by atoms with Crippen LogP contribution in [0.15, 0.2) is 23.0 Å². The molecule has 15 heavy (non-hydrogen) atoms. The van der Waals surface area contributed by atoms with Gasteiger partial charge in [0.15, 0.2) is 0 Å². The van der Waals surface area contributed by atoms with E-state index in [2.05, 4.69) is 10.2 Å². The third-order valence-corrected chi connectivity index (χ3v) is 2.41. The Labute approximate surface area is 86.6 Å². The van der Waals surface area contributed by atoms with Crippen LogP contribution in [-0.4, -0.2) is 15.3 Å². The van der Waals surface area contributed by atoms with Gasteiger partial charge in [-0.1, -0.05) is 23.8 Å². The molecule has 0 aliphatic carbocycles. The van der Waals surface area contributed by atoms with Gasteiger partial charge in [0.2, 0.25) is 5.88 Å². The highest BCUT2D eigenvalue weighted by Gasteiger charge is 2.13. The van der Waals surface area contributed by atoms with E-state index in [0.29, 0.717) is 5.56 Å². The number of aryl methyl sites for hydroxylation is 2. The fourth-order valence-corrected chi connectivity index (χ4v) is 1.69. The summed E-state index contributed by atoms with van der Waals surface area (Å²) in [5.41, 5.74) is 2.84. The number of rotatable bonds is 1. The molecule has 0 unspecified atom stereocenters. The van der Waals surface area contributed by atoms with Crippen molar-refractivity contribution >= 4 is 0 Å². The van der Waals surface area contributed by atoms with Gasteiger partial charge in [-0.15, -0.1) is 0 Å². The Hall–Kier alpha value is -1.97. The largest absolute Gasteiger partial charge is 0.493 e. The van der Waals surface area contributed by atoms with E-state index in [4.69, 9.17) is 0 Å². The van der Waals surface area contributed by atoms with E-state index in [1.54, 1.807) is 0 Å². The van der Waals surface area contributed by atoms with Gasteiger partial charge in [-0.05, 0) is 25.0 Å². The molecular formula is C11H12N2O2. The lowest BCUT2D eigenvalue weighted by molar-refractivity contribution is 0.454. The van der Waals surface area contributed by atoms with E-state index >= 15 is 0 Å². The first kappa shape index (κ1) is 9.58. The van der Waals surface area contributed by atoms with Crippen molar-refractivity contribution in [1.82, 2.24) is 10.2 Å². The molecule has 0 amide bonds. The number of benzene rings is 1. The second kappa shape index (κ2) is 3.31. The van der Waals surface area contributed by atoms with E-state index in [0.717, 1.165) is 16.7 Å². The van der Waals surface area contributed by atoms with Crippen LogP contribution in [0.4, 0.5) is 0 Å². The van der Waals surface area contributed by atoms with Crippen molar-refractivity contribution in [2.24, 2.45) is 0 Å². The molecule has 1 heterocycles. The SMILES string of the molecule is Cc1ccc(-c2c(O)[nH][nH]c2=O)c(C)c1. The Morgan fingerprint density at radius 3 is 2.47 bits per heavy atom. The van der Waals surface area contributed by atoms with Crippen LogP contribution in [0.5, 0.6) is 5.88 Å². The lowest BCUT2D eigenvalue weighted by Gasteiger charge is -2.03. The van der Waals surface area contributed by atoms with Crippen molar-refractivity contribution in [2.75, 3.05) is 0 Å². The number of nitrogens with one attached hydrogen (secondary N) is 2. The van der Waals surface area contributed by atoms with E-state index < -0.39 is 0 Å². The summed E-state index contributed by atoms with van der Waals surface area (Å²) in [6.07, 6.45) is 0. The molecule has 4 nitrogen and oxygen atoms in total. The van der Waals surface area contributed by atoms with E-state index in [1.807, 2.05) is 32.0 Å². The third kappa shape index (κ3) is 1.54. The maximum atomic E-state index is 11.4. The first-order chi connectivity index (χ1) is 7.09. The minimum absolute atomic E-state index is 0.119. The monoisotopic (exact) mass is 204 g/mol. The lowest BCUT2D eigenvalue weighted by atomic mass is 10.0. The van der Waals surface area contributed by atoms with Gasteiger partial charge >= 0.3 is 0 Å². The zero-order valence-electron chi connectivity index (χ0n) is 8.59. The van der Waals surface area contributed by atoms with Gasteiger partial charge in [0, 0.05) is 0 Å². The summed E-state index contributed by atoms with van der Waals surface area (Å²) in [5, 5.41) is 14.2. The Morgan fingerprint density at radius 2 is 1.93 bits per heavy atom. The molecule has 0 radical (unpaired) electrons. The standard InChI is InChI=1S/C11H12N2O2/c1-6-3-4-8(7(2)5-6)9-10(14)12-13-11(9)15/h3-5H,1-2H3,(H3,12,13,14,15). The molecule has 0 fully saturated rings. The zero-order valence-corrected chi connectivity index (χ0v) is 8.59. The van der Waals surface area contributed by atoms with Crippen LogP contribution in [0.25, 0.3) is 11.1 Å². The molecule has 0 aliphatic heterocycles. The van der Waals surface area contributed by atoms with Crippen LogP contribution in [0.3, 0.4) is 0 Å². The van der Waals surface area contributed by atoms with Crippen molar-refractivity contribution in [1.29, 1.82) is 0 Å². The Morgan fingerprint density at radius 1 is 1.20 bits per heavy atom. The lowest BCUT2D eigenvalue weighted by Crippen LogP contribution is -2.02. The Balaban J connectivity index is 2.69. The van der Waals surface area contributed by atoms with Gasteiger partial charge in [-0.3, -0.25) is 15.0 Å². The van der Waals surface area contributed by atoms with E-state index in [1.165, 1.54) is 0 Å². The summed E-state index contributed by atoms with van der Waals surface area (Å²) in [6, 6.07) is 5.72. The van der Waals surface area contributed by atoms with Crippen LogP contribution < -0.4 is 5.56 Å². The first-order valence-electron chi connectivity index (χ1n) is 4.67. The number of aromatic hydroxyl groups is 1. The minimum Gasteiger partial charge on any atom is -0.493 e. The molecule has 2 rings (SSSR count). The van der Waals surface area contributed by atoms with Crippen molar-refractivity contribution < 1.29 is 5.11 Å². The van der Waals surface area contributed by atoms with Crippen molar-refractivity contribution in [3.63, 3.8) is 0 Å². The minimum atomic E-state index is -0.306. The predicted octanol–water partition coefficient (Wildman–Crippen LogP) is 1.69. The topological polar surface area (TPSA) is 68.9 Å². The maximum absolute atomic E-state index is 11.4. The smallest absolute Gasteiger partial charge is 0.275 e. The molecule has 0 spiro atoms. The van der Waals surface area contributed by atoms with Crippen molar-refractivity contribution in [3.8, 4) is 17.0 Å². The Bertz CT molecular complexity index is 552. The van der Waals surface area contributed by atoms with Crippen LogP contribution in [0.1, 0.15) is 11.1 Å². The summed E-state index contributed by atoms with van der Waals surface area (Å²) in [6.45, 7) is 3.90. The van der Waals surface area contributed by atoms with Gasteiger partial charge in [-0.25, -0.2) is 0 Å². The molecule has 0 saturated carbocycles. The van der Waals surface area contributed by atoms with Crippen LogP contribution in [0.2, 0.25) is 0 Å². The Kier molecular flexibility index (Phi) is 2.11.